The van der Waals surface area contributed by atoms with Crippen LogP contribution in [0, 0.1) is 5.82 Å². The van der Waals surface area contributed by atoms with Crippen molar-refractivity contribution in [2.75, 3.05) is 0 Å². The summed E-state index contributed by atoms with van der Waals surface area (Å²) in [4.78, 5) is 0. The SMILES string of the molecule is Fc1cc(C(F)(F)F)c(Br)cc1Cl. The van der Waals surface area contributed by atoms with E-state index < -0.39 is 17.6 Å². The number of benzene rings is 1. The molecule has 0 aliphatic carbocycles. The molecule has 1 aromatic rings. The molecule has 0 spiro atoms. The molecule has 0 N–H and O–H groups in total. The molecule has 0 nitrogen and oxygen atoms in total. The van der Waals surface area contributed by atoms with E-state index in [0.29, 0.717) is 6.07 Å². The van der Waals surface area contributed by atoms with Crippen LogP contribution in [0.1, 0.15) is 5.56 Å². The zero-order chi connectivity index (χ0) is 10.2. The van der Waals surface area contributed by atoms with Gasteiger partial charge < -0.3 is 0 Å². The Kier molecular flexibility index (Phi) is 2.87. The Balaban J connectivity index is 3.32. The summed E-state index contributed by atoms with van der Waals surface area (Å²) in [5, 5.41) is -0.347. The van der Waals surface area contributed by atoms with Crippen LogP contribution in [-0.2, 0) is 6.18 Å². The van der Waals surface area contributed by atoms with Crippen LogP contribution in [0.2, 0.25) is 5.02 Å². The van der Waals surface area contributed by atoms with Crippen molar-refractivity contribution in [2.45, 2.75) is 6.18 Å². The molecule has 6 heteroatoms. The normalized spacial score (nSPS) is 11.8. The van der Waals surface area contributed by atoms with Crippen molar-refractivity contribution in [2.24, 2.45) is 0 Å². The van der Waals surface area contributed by atoms with E-state index in [1.165, 1.54) is 0 Å². The van der Waals surface area contributed by atoms with Crippen molar-refractivity contribution >= 4 is 27.5 Å². The Bertz CT molecular complexity index is 334. The van der Waals surface area contributed by atoms with Crippen molar-refractivity contribution in [3.05, 3.63) is 33.0 Å². The summed E-state index contributed by atoms with van der Waals surface area (Å²) in [5.41, 5.74) is -1.07. The van der Waals surface area contributed by atoms with Crippen LogP contribution in [0.4, 0.5) is 17.6 Å². The van der Waals surface area contributed by atoms with Crippen molar-refractivity contribution < 1.29 is 17.6 Å². The molecule has 13 heavy (non-hydrogen) atoms. The Labute approximate surface area is 84.6 Å². The van der Waals surface area contributed by atoms with E-state index in [0.717, 1.165) is 6.07 Å². The van der Waals surface area contributed by atoms with E-state index in [1.54, 1.807) is 0 Å². The Hall–Kier alpha value is -0.290. The number of halogens is 6. The van der Waals surface area contributed by atoms with E-state index in [-0.39, 0.29) is 9.50 Å². The summed E-state index contributed by atoms with van der Waals surface area (Å²) in [5.74, 6) is -1.09. The Morgan fingerprint density at radius 2 is 1.77 bits per heavy atom. The highest BCUT2D eigenvalue weighted by atomic mass is 79.9. The largest absolute Gasteiger partial charge is 0.417 e. The summed E-state index contributed by atoms with van der Waals surface area (Å²) in [7, 11) is 0. The third kappa shape index (κ3) is 2.34. The minimum atomic E-state index is -4.58. The lowest BCUT2D eigenvalue weighted by molar-refractivity contribution is -0.138. The van der Waals surface area contributed by atoms with E-state index in [1.807, 2.05) is 0 Å². The second kappa shape index (κ2) is 3.46. The van der Waals surface area contributed by atoms with Crippen molar-refractivity contribution in [1.29, 1.82) is 0 Å². The highest BCUT2D eigenvalue weighted by Crippen LogP contribution is 2.36. The van der Waals surface area contributed by atoms with Gasteiger partial charge in [-0.25, -0.2) is 4.39 Å². The third-order valence-electron chi connectivity index (χ3n) is 1.32. The van der Waals surface area contributed by atoms with Gasteiger partial charge in [-0.2, -0.15) is 13.2 Å². The number of hydrogen-bond acceptors (Lipinski definition) is 0. The summed E-state index contributed by atoms with van der Waals surface area (Å²) >= 11 is 7.91. The molecule has 0 aliphatic heterocycles. The van der Waals surface area contributed by atoms with Crippen LogP contribution in [0.3, 0.4) is 0 Å². The number of hydrogen-bond donors (Lipinski definition) is 0. The molecule has 1 aromatic carbocycles. The topological polar surface area (TPSA) is 0 Å². The standard InChI is InChI=1S/C7H2BrClF4/c8-4-2-5(9)6(10)1-3(4)7(11,12)13/h1-2H. The predicted octanol–water partition coefficient (Wildman–Crippen LogP) is 4.26. The summed E-state index contributed by atoms with van der Waals surface area (Å²) in [6.45, 7) is 0. The van der Waals surface area contributed by atoms with Gasteiger partial charge in [-0.15, -0.1) is 0 Å². The molecule has 0 saturated heterocycles. The molecule has 0 unspecified atom stereocenters. The van der Waals surface area contributed by atoms with Crippen molar-refractivity contribution in [1.82, 2.24) is 0 Å². The van der Waals surface area contributed by atoms with Crippen LogP contribution < -0.4 is 0 Å². The fraction of sp³-hybridized carbons (Fsp3) is 0.143. The first-order valence-electron chi connectivity index (χ1n) is 3.04. The fourth-order valence-electron chi connectivity index (χ4n) is 0.740. The minimum Gasteiger partial charge on any atom is -0.205 e. The van der Waals surface area contributed by atoms with E-state index in [9.17, 15) is 17.6 Å². The summed E-state index contributed by atoms with van der Waals surface area (Å²) in [6, 6.07) is 1.23. The maximum absolute atomic E-state index is 12.6. The lowest BCUT2D eigenvalue weighted by Gasteiger charge is -2.09. The number of alkyl halides is 3. The lowest BCUT2D eigenvalue weighted by atomic mass is 10.2. The highest BCUT2D eigenvalue weighted by molar-refractivity contribution is 9.10. The molecule has 0 atom stereocenters. The van der Waals surface area contributed by atoms with Gasteiger partial charge in [-0.3, -0.25) is 0 Å². The third-order valence-corrected chi connectivity index (χ3v) is 2.26. The smallest absolute Gasteiger partial charge is 0.205 e. The molecular weight excluding hydrogens is 275 g/mol. The van der Waals surface area contributed by atoms with Gasteiger partial charge in [0.05, 0.1) is 10.6 Å². The minimum absolute atomic E-state index is 0.272. The van der Waals surface area contributed by atoms with Gasteiger partial charge in [-0.1, -0.05) is 27.5 Å². The van der Waals surface area contributed by atoms with Gasteiger partial charge in [0.25, 0.3) is 0 Å². The first-order valence-corrected chi connectivity index (χ1v) is 4.21. The van der Waals surface area contributed by atoms with Gasteiger partial charge >= 0.3 is 6.18 Å². The second-order valence-corrected chi connectivity index (χ2v) is 3.51. The van der Waals surface area contributed by atoms with Crippen molar-refractivity contribution in [3.8, 4) is 0 Å². The van der Waals surface area contributed by atoms with Gasteiger partial charge in [0.1, 0.15) is 5.82 Å². The van der Waals surface area contributed by atoms with Crippen LogP contribution in [0.25, 0.3) is 0 Å². The maximum Gasteiger partial charge on any atom is 0.417 e. The molecule has 0 aliphatic rings. The fourth-order valence-corrected chi connectivity index (χ4v) is 1.60. The highest BCUT2D eigenvalue weighted by Gasteiger charge is 2.33. The maximum atomic E-state index is 12.6. The molecule has 0 bridgehead atoms. The number of rotatable bonds is 0. The lowest BCUT2D eigenvalue weighted by Crippen LogP contribution is -2.06. The molecule has 72 valence electrons. The average molecular weight is 277 g/mol. The zero-order valence-corrected chi connectivity index (χ0v) is 8.26. The van der Waals surface area contributed by atoms with Gasteiger partial charge in [0.2, 0.25) is 0 Å². The molecule has 1 rings (SSSR count). The molecule has 0 aromatic heterocycles. The summed E-state index contributed by atoms with van der Waals surface area (Å²) in [6.07, 6.45) is -4.58. The van der Waals surface area contributed by atoms with E-state index in [2.05, 4.69) is 15.9 Å². The predicted molar refractivity (Wildman–Crippen MR) is 44.1 cm³/mol. The second-order valence-electron chi connectivity index (χ2n) is 2.24. The Morgan fingerprint density at radius 3 is 2.23 bits per heavy atom. The first-order chi connectivity index (χ1) is 5.82. The molecule has 0 saturated carbocycles. The molecule has 0 radical (unpaired) electrons. The molecule has 0 heterocycles. The van der Waals surface area contributed by atoms with E-state index in [4.69, 9.17) is 11.6 Å². The summed E-state index contributed by atoms with van der Waals surface area (Å²) < 4.78 is 48.7. The van der Waals surface area contributed by atoms with Crippen molar-refractivity contribution in [3.63, 3.8) is 0 Å². The van der Waals surface area contributed by atoms with Gasteiger partial charge in [0.15, 0.2) is 0 Å². The zero-order valence-electron chi connectivity index (χ0n) is 5.92. The van der Waals surface area contributed by atoms with Crippen LogP contribution in [0.5, 0.6) is 0 Å². The quantitative estimate of drug-likeness (QED) is 0.491. The first kappa shape index (κ1) is 10.8. The van der Waals surface area contributed by atoms with Gasteiger partial charge in [0, 0.05) is 4.47 Å². The van der Waals surface area contributed by atoms with Crippen LogP contribution in [0.15, 0.2) is 16.6 Å². The Morgan fingerprint density at radius 1 is 1.23 bits per heavy atom. The molecular formula is C7H2BrClF4. The van der Waals surface area contributed by atoms with Gasteiger partial charge in [-0.05, 0) is 12.1 Å². The van der Waals surface area contributed by atoms with E-state index >= 15 is 0 Å². The van der Waals surface area contributed by atoms with Crippen LogP contribution >= 0.6 is 27.5 Å². The average Bonchev–Trinajstić information content (AvgIpc) is 1.94. The monoisotopic (exact) mass is 276 g/mol. The van der Waals surface area contributed by atoms with Crippen LogP contribution in [-0.4, -0.2) is 0 Å². The molecule has 0 amide bonds. The molecule has 0 fully saturated rings.